The van der Waals surface area contributed by atoms with Crippen LogP contribution in [-0.2, 0) is 9.53 Å². The standard InChI is InChI=1S/C17H34N4O2/c1-6-18-16(19-10-11-20-17(3,4)5)21-12-8-14(9-13-21)15(22)23-7-2/h14,20H,6-13H2,1-5H3,(H,18,19). The van der Waals surface area contributed by atoms with Gasteiger partial charge in [0.25, 0.3) is 0 Å². The summed E-state index contributed by atoms with van der Waals surface area (Å²) in [7, 11) is 0. The molecule has 6 nitrogen and oxygen atoms in total. The first-order chi connectivity index (χ1) is 10.9. The molecule has 0 atom stereocenters. The summed E-state index contributed by atoms with van der Waals surface area (Å²) in [5.41, 5.74) is 0.117. The van der Waals surface area contributed by atoms with E-state index in [9.17, 15) is 4.79 Å². The third-order valence-electron chi connectivity index (χ3n) is 3.78. The molecule has 0 radical (unpaired) electrons. The molecule has 0 unspecified atom stereocenters. The van der Waals surface area contributed by atoms with E-state index < -0.39 is 0 Å². The zero-order chi connectivity index (χ0) is 17.3. The highest BCUT2D eigenvalue weighted by Gasteiger charge is 2.27. The summed E-state index contributed by atoms with van der Waals surface area (Å²) in [5, 5.41) is 6.79. The lowest BCUT2D eigenvalue weighted by Gasteiger charge is -2.33. The number of rotatable bonds is 6. The molecule has 0 bridgehead atoms. The van der Waals surface area contributed by atoms with Gasteiger partial charge in [0.05, 0.1) is 19.1 Å². The number of likely N-dealkylation sites (tertiary alicyclic amines) is 1. The maximum Gasteiger partial charge on any atom is 0.309 e. The molecule has 6 heteroatoms. The van der Waals surface area contributed by atoms with E-state index in [0.717, 1.165) is 51.5 Å². The van der Waals surface area contributed by atoms with Crippen molar-refractivity contribution in [3.05, 3.63) is 0 Å². The molecule has 1 fully saturated rings. The van der Waals surface area contributed by atoms with E-state index in [2.05, 4.69) is 43.2 Å². The molecule has 0 spiro atoms. The molecule has 0 aromatic rings. The molecule has 1 aliphatic heterocycles. The number of hydrogen-bond acceptors (Lipinski definition) is 4. The highest BCUT2D eigenvalue weighted by atomic mass is 16.5. The molecule has 1 aliphatic rings. The predicted octanol–water partition coefficient (Wildman–Crippen LogP) is 1.62. The Hall–Kier alpha value is -1.30. The van der Waals surface area contributed by atoms with Gasteiger partial charge in [0, 0.05) is 31.7 Å². The van der Waals surface area contributed by atoms with Crippen molar-refractivity contribution in [3.8, 4) is 0 Å². The first kappa shape index (κ1) is 19.7. The average molecular weight is 326 g/mol. The van der Waals surface area contributed by atoms with Crippen molar-refractivity contribution < 1.29 is 9.53 Å². The van der Waals surface area contributed by atoms with E-state index >= 15 is 0 Å². The van der Waals surface area contributed by atoms with Gasteiger partial charge in [-0.25, -0.2) is 0 Å². The fourth-order valence-corrected chi connectivity index (χ4v) is 2.61. The van der Waals surface area contributed by atoms with Gasteiger partial charge < -0.3 is 20.3 Å². The fraction of sp³-hybridized carbons (Fsp3) is 0.882. The van der Waals surface area contributed by atoms with Crippen LogP contribution in [0.15, 0.2) is 4.99 Å². The van der Waals surface area contributed by atoms with Crippen LogP contribution in [0.4, 0.5) is 0 Å². The Kier molecular flexibility index (Phi) is 8.37. The largest absolute Gasteiger partial charge is 0.466 e. The number of carbonyl (C=O) groups is 1. The van der Waals surface area contributed by atoms with Crippen LogP contribution >= 0.6 is 0 Å². The summed E-state index contributed by atoms with van der Waals surface area (Å²) in [6.07, 6.45) is 1.67. The predicted molar refractivity (Wildman–Crippen MR) is 94.7 cm³/mol. The minimum absolute atomic E-state index is 0.0385. The highest BCUT2D eigenvalue weighted by molar-refractivity contribution is 5.80. The third kappa shape index (κ3) is 7.68. The normalized spacial score (nSPS) is 17.3. The zero-order valence-electron chi connectivity index (χ0n) is 15.4. The van der Waals surface area contributed by atoms with Crippen molar-refractivity contribution in [2.75, 3.05) is 39.3 Å². The van der Waals surface area contributed by atoms with Gasteiger partial charge in [-0.2, -0.15) is 0 Å². The SMILES string of the molecule is CCNC(=NCCNC(C)(C)C)N1CCC(C(=O)OCC)CC1. The maximum absolute atomic E-state index is 11.8. The van der Waals surface area contributed by atoms with Crippen LogP contribution in [0.5, 0.6) is 0 Å². The summed E-state index contributed by atoms with van der Waals surface area (Å²) < 4.78 is 5.12. The third-order valence-corrected chi connectivity index (χ3v) is 3.78. The lowest BCUT2D eigenvalue weighted by molar-refractivity contribution is -0.149. The van der Waals surface area contributed by atoms with Crippen LogP contribution in [-0.4, -0.2) is 61.7 Å². The number of ether oxygens (including phenoxy) is 1. The molecule has 1 heterocycles. The van der Waals surface area contributed by atoms with E-state index in [1.807, 2.05) is 6.92 Å². The molecule has 1 rings (SSSR count). The number of carbonyl (C=O) groups excluding carboxylic acids is 1. The molecular formula is C17H34N4O2. The van der Waals surface area contributed by atoms with Crippen LogP contribution in [0.2, 0.25) is 0 Å². The number of nitrogens with zero attached hydrogens (tertiary/aromatic N) is 2. The first-order valence-corrected chi connectivity index (χ1v) is 8.82. The fourth-order valence-electron chi connectivity index (χ4n) is 2.61. The van der Waals surface area contributed by atoms with Crippen molar-refractivity contribution >= 4 is 11.9 Å². The Balaban J connectivity index is 2.47. The smallest absolute Gasteiger partial charge is 0.309 e. The highest BCUT2D eigenvalue weighted by Crippen LogP contribution is 2.18. The quantitative estimate of drug-likeness (QED) is 0.336. The van der Waals surface area contributed by atoms with Crippen LogP contribution in [0, 0.1) is 5.92 Å². The second kappa shape index (κ2) is 9.75. The number of aliphatic imine (C=N–C) groups is 1. The number of guanidine groups is 1. The van der Waals surface area contributed by atoms with Gasteiger partial charge in [0.2, 0.25) is 0 Å². The Morgan fingerprint density at radius 3 is 2.43 bits per heavy atom. The van der Waals surface area contributed by atoms with Crippen molar-refractivity contribution in [1.82, 2.24) is 15.5 Å². The number of hydrogen-bond donors (Lipinski definition) is 2. The van der Waals surface area contributed by atoms with Crippen LogP contribution in [0.3, 0.4) is 0 Å². The second-order valence-electron chi connectivity index (χ2n) is 6.93. The minimum atomic E-state index is -0.0523. The van der Waals surface area contributed by atoms with Gasteiger partial charge in [-0.05, 0) is 47.5 Å². The van der Waals surface area contributed by atoms with Crippen LogP contribution < -0.4 is 10.6 Å². The van der Waals surface area contributed by atoms with E-state index in [1.165, 1.54) is 0 Å². The van der Waals surface area contributed by atoms with Gasteiger partial charge in [0.1, 0.15) is 0 Å². The van der Waals surface area contributed by atoms with E-state index in [-0.39, 0.29) is 17.4 Å². The van der Waals surface area contributed by atoms with Crippen molar-refractivity contribution in [2.45, 2.75) is 53.0 Å². The van der Waals surface area contributed by atoms with E-state index in [4.69, 9.17) is 9.73 Å². The number of esters is 1. The lowest BCUT2D eigenvalue weighted by Crippen LogP contribution is -2.47. The molecule has 1 saturated heterocycles. The maximum atomic E-state index is 11.8. The average Bonchev–Trinajstić information content (AvgIpc) is 2.50. The molecule has 23 heavy (non-hydrogen) atoms. The number of piperidine rings is 1. The van der Waals surface area contributed by atoms with Crippen molar-refractivity contribution in [3.63, 3.8) is 0 Å². The molecule has 0 aromatic carbocycles. The summed E-state index contributed by atoms with van der Waals surface area (Å²) in [6, 6.07) is 0. The van der Waals surface area contributed by atoms with Gasteiger partial charge in [-0.3, -0.25) is 9.79 Å². The van der Waals surface area contributed by atoms with E-state index in [0.29, 0.717) is 6.61 Å². The summed E-state index contributed by atoms with van der Waals surface area (Å²) >= 11 is 0. The molecule has 0 aliphatic carbocycles. The Labute approximate surface area is 141 Å². The Morgan fingerprint density at radius 2 is 1.91 bits per heavy atom. The van der Waals surface area contributed by atoms with Gasteiger partial charge in [-0.1, -0.05) is 0 Å². The summed E-state index contributed by atoms with van der Waals surface area (Å²) in [5.74, 6) is 0.936. The Morgan fingerprint density at radius 1 is 1.26 bits per heavy atom. The van der Waals surface area contributed by atoms with Crippen molar-refractivity contribution in [2.24, 2.45) is 10.9 Å². The van der Waals surface area contributed by atoms with Crippen LogP contribution in [0.1, 0.15) is 47.5 Å². The minimum Gasteiger partial charge on any atom is -0.466 e. The number of nitrogens with one attached hydrogen (secondary N) is 2. The molecule has 0 saturated carbocycles. The van der Waals surface area contributed by atoms with Gasteiger partial charge >= 0.3 is 5.97 Å². The van der Waals surface area contributed by atoms with Gasteiger partial charge in [-0.15, -0.1) is 0 Å². The Bertz CT molecular complexity index is 383. The monoisotopic (exact) mass is 326 g/mol. The lowest BCUT2D eigenvalue weighted by atomic mass is 9.97. The topological polar surface area (TPSA) is 66.0 Å². The van der Waals surface area contributed by atoms with E-state index in [1.54, 1.807) is 0 Å². The molecule has 0 aromatic heterocycles. The molecule has 0 amide bonds. The molecule has 2 N–H and O–H groups in total. The zero-order valence-corrected chi connectivity index (χ0v) is 15.4. The van der Waals surface area contributed by atoms with Gasteiger partial charge in [0.15, 0.2) is 5.96 Å². The van der Waals surface area contributed by atoms with Crippen LogP contribution in [0.25, 0.3) is 0 Å². The molecule has 134 valence electrons. The second-order valence-corrected chi connectivity index (χ2v) is 6.93. The van der Waals surface area contributed by atoms with Crippen molar-refractivity contribution in [1.29, 1.82) is 0 Å². The first-order valence-electron chi connectivity index (χ1n) is 8.82. The molecular weight excluding hydrogens is 292 g/mol. The summed E-state index contributed by atoms with van der Waals surface area (Å²) in [6.45, 7) is 15.0. The summed E-state index contributed by atoms with van der Waals surface area (Å²) in [4.78, 5) is 18.8.